The molecule has 4 rings (SSSR count). The average Bonchev–Trinajstić information content (AvgIpc) is 3.32. The molecule has 1 aliphatic rings. The van der Waals surface area contributed by atoms with Crippen LogP contribution in [0.4, 0.5) is 0 Å². The van der Waals surface area contributed by atoms with Crippen molar-refractivity contribution in [2.24, 2.45) is 5.92 Å². The Morgan fingerprint density at radius 2 is 1.93 bits per heavy atom. The van der Waals surface area contributed by atoms with E-state index in [2.05, 4.69) is 10.1 Å². The van der Waals surface area contributed by atoms with Gasteiger partial charge in [0.05, 0.1) is 17.0 Å². The lowest BCUT2D eigenvalue weighted by Crippen LogP contribution is -2.05. The molecule has 1 unspecified atom stereocenters. The summed E-state index contributed by atoms with van der Waals surface area (Å²) in [5.74, 6) is 0.529. The summed E-state index contributed by atoms with van der Waals surface area (Å²) < 4.78 is 11.0. The lowest BCUT2D eigenvalue weighted by molar-refractivity contribution is -0.138. The first-order valence-corrected chi connectivity index (χ1v) is 9.43. The lowest BCUT2D eigenvalue weighted by atomic mass is 10.1. The van der Waals surface area contributed by atoms with E-state index < -0.39 is 5.97 Å². The third kappa shape index (κ3) is 3.73. The molecule has 2 atom stereocenters. The van der Waals surface area contributed by atoms with E-state index in [0.717, 1.165) is 16.7 Å². The van der Waals surface area contributed by atoms with Crippen molar-refractivity contribution in [1.29, 1.82) is 0 Å². The van der Waals surface area contributed by atoms with Gasteiger partial charge in [-0.25, -0.2) is 0 Å². The zero-order valence-electron chi connectivity index (χ0n) is 15.4. The second kappa shape index (κ2) is 7.28. The van der Waals surface area contributed by atoms with Crippen LogP contribution in [0.15, 0.2) is 47.0 Å². The number of aromatic nitrogens is 2. The van der Waals surface area contributed by atoms with Crippen LogP contribution in [-0.4, -0.2) is 27.3 Å². The predicted molar refractivity (Wildman–Crippen MR) is 104 cm³/mol. The highest BCUT2D eigenvalue weighted by Gasteiger charge is 2.44. The molecule has 7 heteroatoms. The number of rotatable bonds is 6. The van der Waals surface area contributed by atoms with Gasteiger partial charge >= 0.3 is 5.97 Å². The molecule has 28 heavy (non-hydrogen) atoms. The fraction of sp³-hybridized carbons (Fsp3) is 0.286. The monoisotopic (exact) mass is 398 g/mol. The van der Waals surface area contributed by atoms with Crippen molar-refractivity contribution in [2.45, 2.75) is 32.3 Å². The molecule has 0 saturated heterocycles. The van der Waals surface area contributed by atoms with Crippen LogP contribution < -0.4 is 4.74 Å². The maximum atomic E-state index is 11.0. The number of carboxylic acid groups (broad SMARTS) is 1. The van der Waals surface area contributed by atoms with E-state index in [1.54, 1.807) is 12.1 Å². The molecule has 1 aliphatic carbocycles. The lowest BCUT2D eigenvalue weighted by Gasteiger charge is -2.11. The van der Waals surface area contributed by atoms with Gasteiger partial charge in [0.2, 0.25) is 5.82 Å². The van der Waals surface area contributed by atoms with Crippen molar-refractivity contribution in [3.63, 3.8) is 0 Å². The predicted octanol–water partition coefficient (Wildman–Crippen LogP) is 5.03. The minimum absolute atomic E-state index is 0.0320. The van der Waals surface area contributed by atoms with Crippen molar-refractivity contribution in [2.75, 3.05) is 0 Å². The Balaban J connectivity index is 1.52. The Kier molecular flexibility index (Phi) is 4.81. The van der Waals surface area contributed by atoms with Crippen LogP contribution in [0, 0.1) is 5.92 Å². The molecule has 0 radical (unpaired) electrons. The first kappa shape index (κ1) is 18.5. The zero-order valence-corrected chi connectivity index (χ0v) is 16.2. The van der Waals surface area contributed by atoms with Crippen LogP contribution >= 0.6 is 11.6 Å². The van der Waals surface area contributed by atoms with Gasteiger partial charge in [0, 0.05) is 11.1 Å². The second-order valence-corrected chi connectivity index (χ2v) is 7.55. The molecule has 0 spiro atoms. The number of hydrogen-bond acceptors (Lipinski definition) is 5. The molecule has 1 heterocycles. The van der Waals surface area contributed by atoms with Gasteiger partial charge in [-0.2, -0.15) is 4.98 Å². The number of hydrogen-bond donors (Lipinski definition) is 1. The van der Waals surface area contributed by atoms with E-state index in [4.69, 9.17) is 26.0 Å². The number of halogens is 1. The molecule has 6 nitrogen and oxygen atoms in total. The third-order valence-corrected chi connectivity index (χ3v) is 4.97. The minimum atomic E-state index is -0.737. The molecular weight excluding hydrogens is 380 g/mol. The number of carbonyl (C=O) groups is 1. The fourth-order valence-corrected chi connectivity index (χ4v) is 3.38. The van der Waals surface area contributed by atoms with Crippen LogP contribution in [0.5, 0.6) is 5.75 Å². The normalized spacial score (nSPS) is 18.3. The van der Waals surface area contributed by atoms with Gasteiger partial charge in [-0.05, 0) is 62.1 Å². The molecule has 3 aromatic rings. The summed E-state index contributed by atoms with van der Waals surface area (Å²) in [4.78, 5) is 15.5. The molecule has 1 N–H and O–H groups in total. The smallest absolute Gasteiger partial charge is 0.307 e. The van der Waals surface area contributed by atoms with E-state index in [-0.39, 0.29) is 17.9 Å². The summed E-state index contributed by atoms with van der Waals surface area (Å²) in [5, 5.41) is 13.6. The first-order chi connectivity index (χ1) is 13.4. The number of carboxylic acids is 1. The first-order valence-electron chi connectivity index (χ1n) is 9.06. The largest absolute Gasteiger partial charge is 0.489 e. The van der Waals surface area contributed by atoms with Gasteiger partial charge in [0.1, 0.15) is 5.75 Å². The summed E-state index contributed by atoms with van der Waals surface area (Å²) in [6.45, 7) is 3.87. The molecule has 0 amide bonds. The van der Waals surface area contributed by atoms with Gasteiger partial charge in [-0.15, -0.1) is 0 Å². The van der Waals surface area contributed by atoms with E-state index >= 15 is 0 Å². The van der Waals surface area contributed by atoms with Gasteiger partial charge in [0.15, 0.2) is 0 Å². The van der Waals surface area contributed by atoms with Crippen molar-refractivity contribution in [1.82, 2.24) is 10.1 Å². The molecule has 144 valence electrons. The Hall–Kier alpha value is -2.86. The van der Waals surface area contributed by atoms with Crippen LogP contribution in [0.25, 0.3) is 22.8 Å². The van der Waals surface area contributed by atoms with Crippen molar-refractivity contribution in [3.8, 4) is 28.6 Å². The standard InChI is InChI=1S/C21H19ClN2O4/c1-11(2)27-18-8-7-14(9-17(18)22)19-23-20(28-24-19)13-5-3-12(4-6-13)15-10-16(15)21(25)26/h3-9,11,15-16H,10H2,1-2H3,(H,25,26)/t15?,16-/m1/s1. The SMILES string of the molecule is CC(C)Oc1ccc(-c2noc(-c3ccc(C4C[C@H]4C(=O)O)cc3)n2)cc1Cl. The van der Waals surface area contributed by atoms with Crippen LogP contribution in [0.1, 0.15) is 31.7 Å². The van der Waals surface area contributed by atoms with Crippen LogP contribution in [-0.2, 0) is 4.79 Å². The maximum absolute atomic E-state index is 11.0. The van der Waals surface area contributed by atoms with E-state index in [1.165, 1.54) is 0 Å². The highest BCUT2D eigenvalue weighted by Crippen LogP contribution is 2.47. The van der Waals surface area contributed by atoms with Gasteiger partial charge in [-0.1, -0.05) is 28.9 Å². The molecular formula is C21H19ClN2O4. The highest BCUT2D eigenvalue weighted by molar-refractivity contribution is 6.32. The van der Waals surface area contributed by atoms with Crippen LogP contribution in [0.3, 0.4) is 0 Å². The fourth-order valence-electron chi connectivity index (χ4n) is 3.16. The highest BCUT2D eigenvalue weighted by atomic mass is 35.5. The van der Waals surface area contributed by atoms with E-state index in [9.17, 15) is 4.79 Å². The summed E-state index contributed by atoms with van der Waals surface area (Å²) in [5.41, 5.74) is 2.53. The number of ether oxygens (including phenoxy) is 1. The second-order valence-electron chi connectivity index (χ2n) is 7.14. The van der Waals surface area contributed by atoms with Crippen molar-refractivity contribution in [3.05, 3.63) is 53.1 Å². The Labute approximate surface area is 167 Å². The number of nitrogens with zero attached hydrogens (tertiary/aromatic N) is 2. The summed E-state index contributed by atoms with van der Waals surface area (Å²) in [7, 11) is 0. The summed E-state index contributed by atoms with van der Waals surface area (Å²) >= 11 is 6.28. The van der Waals surface area contributed by atoms with Crippen LogP contribution in [0.2, 0.25) is 5.02 Å². The quantitative estimate of drug-likeness (QED) is 0.626. The van der Waals surface area contributed by atoms with Gasteiger partial charge < -0.3 is 14.4 Å². The maximum Gasteiger partial charge on any atom is 0.307 e. The third-order valence-electron chi connectivity index (χ3n) is 4.67. The summed E-state index contributed by atoms with van der Waals surface area (Å²) in [6, 6.07) is 12.9. The molecule has 0 aliphatic heterocycles. The van der Waals surface area contributed by atoms with E-state index in [0.29, 0.717) is 28.9 Å². The Bertz CT molecular complexity index is 1010. The molecule has 1 saturated carbocycles. The van der Waals surface area contributed by atoms with Crippen molar-refractivity contribution >= 4 is 17.6 Å². The Morgan fingerprint density at radius 3 is 2.54 bits per heavy atom. The minimum Gasteiger partial charge on any atom is -0.489 e. The molecule has 0 bridgehead atoms. The average molecular weight is 399 g/mol. The van der Waals surface area contributed by atoms with Crippen molar-refractivity contribution < 1.29 is 19.2 Å². The molecule has 1 aromatic heterocycles. The van der Waals surface area contributed by atoms with Gasteiger partial charge in [-0.3, -0.25) is 4.79 Å². The molecule has 1 fully saturated rings. The summed E-state index contributed by atoms with van der Waals surface area (Å²) in [6.07, 6.45) is 0.723. The molecule has 2 aromatic carbocycles. The Morgan fingerprint density at radius 1 is 1.21 bits per heavy atom. The van der Waals surface area contributed by atoms with Gasteiger partial charge in [0.25, 0.3) is 5.89 Å². The van der Waals surface area contributed by atoms with E-state index in [1.807, 2.05) is 44.2 Å². The topological polar surface area (TPSA) is 85.5 Å². The zero-order chi connectivity index (χ0) is 19.8. The number of benzene rings is 2. The number of aliphatic carboxylic acids is 1.